The quantitative estimate of drug-likeness (QED) is 0.196. The average molecular weight is 603 g/mol. The van der Waals surface area contributed by atoms with Gasteiger partial charge < -0.3 is 0 Å². The fourth-order valence-corrected chi connectivity index (χ4v) is 6.15. The van der Waals surface area contributed by atoms with Crippen LogP contribution in [-0.4, -0.2) is 29.3 Å². The third kappa shape index (κ3) is 4.80. The molecule has 0 aliphatic carbocycles. The van der Waals surface area contributed by atoms with Crippen LogP contribution in [0.3, 0.4) is 0 Å². The average Bonchev–Trinajstić information content (AvgIpc) is 3.54. The summed E-state index contributed by atoms with van der Waals surface area (Å²) in [5, 5.41) is 2.11. The zero-order valence-electron chi connectivity index (χ0n) is 25.2. The summed E-state index contributed by atoms with van der Waals surface area (Å²) in [4.78, 5) is 25.1. The van der Waals surface area contributed by atoms with Crippen LogP contribution in [0.25, 0.3) is 84.1 Å². The molecule has 0 saturated carbocycles. The minimum atomic E-state index is 0.600. The molecule has 0 fully saturated rings. The zero-order chi connectivity index (χ0) is 31.2. The summed E-state index contributed by atoms with van der Waals surface area (Å²) >= 11 is 0. The van der Waals surface area contributed by atoms with Crippen molar-refractivity contribution in [1.82, 2.24) is 29.3 Å². The smallest absolute Gasteiger partial charge is 0.165 e. The Kier molecular flexibility index (Phi) is 6.35. The van der Waals surface area contributed by atoms with E-state index in [-0.39, 0.29) is 0 Å². The van der Waals surface area contributed by atoms with Crippen molar-refractivity contribution in [3.63, 3.8) is 0 Å². The highest BCUT2D eigenvalue weighted by Gasteiger charge is 2.17. The van der Waals surface area contributed by atoms with Crippen molar-refractivity contribution >= 4 is 27.6 Å². The highest BCUT2D eigenvalue weighted by Crippen LogP contribution is 2.34. The van der Waals surface area contributed by atoms with Crippen LogP contribution in [0.15, 0.2) is 158 Å². The second-order valence-electron chi connectivity index (χ2n) is 11.4. The fraction of sp³-hybridized carbons (Fsp3) is 0. The molecule has 0 unspecified atom stereocenters. The molecule has 6 nitrogen and oxygen atoms in total. The Morgan fingerprint density at radius 1 is 0.362 bits per heavy atom. The van der Waals surface area contributed by atoms with Gasteiger partial charge in [-0.05, 0) is 29.3 Å². The highest BCUT2D eigenvalue weighted by molar-refractivity contribution is 6.09. The lowest BCUT2D eigenvalue weighted by Crippen LogP contribution is -2.00. The van der Waals surface area contributed by atoms with E-state index in [0.717, 1.165) is 61.1 Å². The number of hydrogen-bond acceptors (Lipinski definition) is 5. The van der Waals surface area contributed by atoms with Gasteiger partial charge in [0.05, 0.1) is 5.69 Å². The maximum absolute atomic E-state index is 5.21. The molecule has 0 amide bonds. The monoisotopic (exact) mass is 602 g/mol. The van der Waals surface area contributed by atoms with E-state index in [2.05, 4.69) is 78.9 Å². The Bertz CT molecular complexity index is 2560. The van der Waals surface area contributed by atoms with E-state index in [9.17, 15) is 0 Å². The molecule has 0 aliphatic rings. The van der Waals surface area contributed by atoms with Gasteiger partial charge in [-0.25, -0.2) is 24.9 Å². The minimum absolute atomic E-state index is 0.600. The largest absolute Gasteiger partial charge is 0.284 e. The van der Waals surface area contributed by atoms with Gasteiger partial charge in [-0.2, -0.15) is 0 Å². The van der Waals surface area contributed by atoms with Crippen molar-refractivity contribution < 1.29 is 0 Å². The third-order valence-electron chi connectivity index (χ3n) is 8.47. The van der Waals surface area contributed by atoms with Crippen LogP contribution in [0.4, 0.5) is 0 Å². The van der Waals surface area contributed by atoms with Gasteiger partial charge in [-0.3, -0.25) is 4.40 Å². The van der Waals surface area contributed by atoms with Gasteiger partial charge in [-0.15, -0.1) is 0 Å². The van der Waals surface area contributed by atoms with Crippen molar-refractivity contribution in [2.24, 2.45) is 0 Å². The van der Waals surface area contributed by atoms with Crippen LogP contribution in [0.5, 0.6) is 0 Å². The Labute approximate surface area is 270 Å². The molecule has 9 rings (SSSR count). The number of benzene rings is 5. The van der Waals surface area contributed by atoms with Crippen LogP contribution in [0, 0.1) is 0 Å². The lowest BCUT2D eigenvalue weighted by Gasteiger charge is -2.11. The van der Waals surface area contributed by atoms with Crippen molar-refractivity contribution in [1.29, 1.82) is 0 Å². The first kappa shape index (κ1) is 26.8. The molecule has 0 bridgehead atoms. The maximum Gasteiger partial charge on any atom is 0.165 e. The third-order valence-corrected chi connectivity index (χ3v) is 8.47. The predicted molar refractivity (Wildman–Crippen MR) is 189 cm³/mol. The lowest BCUT2D eigenvalue weighted by molar-refractivity contribution is 1.07. The molecule has 5 aromatic carbocycles. The van der Waals surface area contributed by atoms with Gasteiger partial charge in [0.15, 0.2) is 23.1 Å². The molecular formula is C41H26N6. The van der Waals surface area contributed by atoms with Crippen LogP contribution < -0.4 is 0 Å². The highest BCUT2D eigenvalue weighted by atomic mass is 15.1. The lowest BCUT2D eigenvalue weighted by atomic mass is 10.0. The standard InChI is InChI=1S/C41H26N6/c1-3-12-27(13-4-1)28-21-23-30(24-22-28)39-44-38(29-14-5-2-6-15-29)45-40(46-39)32-17-11-16-31(26-32)36-33-18-7-8-19-34(33)37-41(43-36)47-25-10-9-20-35(47)42-37/h1-26H. The van der Waals surface area contributed by atoms with E-state index in [1.807, 2.05) is 83.4 Å². The van der Waals surface area contributed by atoms with E-state index in [1.165, 1.54) is 5.56 Å². The molecule has 4 aromatic heterocycles. The molecule has 0 radical (unpaired) electrons. The van der Waals surface area contributed by atoms with Crippen molar-refractivity contribution in [3.05, 3.63) is 158 Å². The number of aromatic nitrogens is 6. The van der Waals surface area contributed by atoms with E-state index in [1.54, 1.807) is 0 Å². The van der Waals surface area contributed by atoms with Gasteiger partial charge >= 0.3 is 0 Å². The zero-order valence-corrected chi connectivity index (χ0v) is 25.2. The maximum atomic E-state index is 5.21. The molecular weight excluding hydrogens is 576 g/mol. The van der Waals surface area contributed by atoms with Crippen molar-refractivity contribution in [3.8, 4) is 56.5 Å². The SMILES string of the molecule is c1ccc(-c2ccc(-c3nc(-c4ccccc4)nc(-c4cccc(-c5nc6c(nc7ccccn76)c6ccccc56)c4)n3)cc2)cc1. The Balaban J connectivity index is 1.20. The molecule has 220 valence electrons. The van der Waals surface area contributed by atoms with Gasteiger partial charge in [0.1, 0.15) is 11.2 Å². The number of rotatable bonds is 5. The number of nitrogens with zero attached hydrogens (tertiary/aromatic N) is 6. The van der Waals surface area contributed by atoms with Crippen LogP contribution in [-0.2, 0) is 0 Å². The summed E-state index contributed by atoms with van der Waals surface area (Å²) in [6, 6.07) is 51.4. The second-order valence-corrected chi connectivity index (χ2v) is 11.4. The molecule has 9 aromatic rings. The summed E-state index contributed by atoms with van der Waals surface area (Å²) in [5.41, 5.74) is 9.49. The Morgan fingerprint density at radius 3 is 1.64 bits per heavy atom. The first-order valence-electron chi connectivity index (χ1n) is 15.5. The van der Waals surface area contributed by atoms with Gasteiger partial charge in [-0.1, -0.05) is 133 Å². The fourth-order valence-electron chi connectivity index (χ4n) is 6.15. The first-order chi connectivity index (χ1) is 23.3. The van der Waals surface area contributed by atoms with Crippen LogP contribution in [0.1, 0.15) is 0 Å². The molecule has 47 heavy (non-hydrogen) atoms. The summed E-state index contributed by atoms with van der Waals surface area (Å²) in [6.07, 6.45) is 2.01. The van der Waals surface area contributed by atoms with Gasteiger partial charge in [0, 0.05) is 39.2 Å². The second kappa shape index (κ2) is 11.1. The molecule has 0 aliphatic heterocycles. The van der Waals surface area contributed by atoms with Crippen molar-refractivity contribution in [2.75, 3.05) is 0 Å². The van der Waals surface area contributed by atoms with Crippen LogP contribution in [0.2, 0.25) is 0 Å². The number of fused-ring (bicyclic) bond motifs is 5. The summed E-state index contributed by atoms with van der Waals surface area (Å²) in [7, 11) is 0. The van der Waals surface area contributed by atoms with Gasteiger partial charge in [0.25, 0.3) is 0 Å². The Morgan fingerprint density at radius 2 is 0.894 bits per heavy atom. The molecule has 4 heterocycles. The van der Waals surface area contributed by atoms with Crippen molar-refractivity contribution in [2.45, 2.75) is 0 Å². The molecule has 0 N–H and O–H groups in total. The number of hydrogen-bond donors (Lipinski definition) is 0. The Hall–Kier alpha value is -6.53. The molecule has 6 heteroatoms. The predicted octanol–water partition coefficient (Wildman–Crippen LogP) is 9.56. The topological polar surface area (TPSA) is 68.9 Å². The first-order valence-corrected chi connectivity index (χ1v) is 15.5. The number of imidazole rings is 1. The summed E-state index contributed by atoms with van der Waals surface area (Å²) in [5.74, 6) is 1.84. The van der Waals surface area contributed by atoms with Gasteiger partial charge in [0.2, 0.25) is 0 Å². The van der Waals surface area contributed by atoms with Crippen LogP contribution >= 0.6 is 0 Å². The molecule has 0 atom stereocenters. The molecule has 0 spiro atoms. The van der Waals surface area contributed by atoms with E-state index >= 15 is 0 Å². The van der Waals surface area contributed by atoms with E-state index < -0.39 is 0 Å². The normalized spacial score (nSPS) is 11.4. The summed E-state index contributed by atoms with van der Waals surface area (Å²) < 4.78 is 2.04. The molecule has 0 saturated heterocycles. The van der Waals surface area contributed by atoms with E-state index in [0.29, 0.717) is 17.5 Å². The minimum Gasteiger partial charge on any atom is -0.284 e. The van der Waals surface area contributed by atoms with E-state index in [4.69, 9.17) is 24.9 Å². The number of pyridine rings is 2. The summed E-state index contributed by atoms with van der Waals surface area (Å²) in [6.45, 7) is 0.